The Morgan fingerprint density at radius 3 is 2.81 bits per heavy atom. The van der Waals surface area contributed by atoms with Gasteiger partial charge in [0.1, 0.15) is 5.75 Å². The molecule has 0 saturated carbocycles. The van der Waals surface area contributed by atoms with Crippen LogP contribution in [0, 0.1) is 0 Å². The van der Waals surface area contributed by atoms with E-state index in [-0.39, 0.29) is 6.04 Å². The highest BCUT2D eigenvalue weighted by atomic mass is 16.5. The summed E-state index contributed by atoms with van der Waals surface area (Å²) in [5, 5.41) is 0. The molecule has 2 heteroatoms. The first-order valence-corrected chi connectivity index (χ1v) is 7.92. The Hall–Kier alpha value is -1.80. The third-order valence-electron chi connectivity index (χ3n) is 4.94. The summed E-state index contributed by atoms with van der Waals surface area (Å²) in [6.45, 7) is 0.817. The second-order valence-electron chi connectivity index (χ2n) is 6.16. The van der Waals surface area contributed by atoms with Crippen LogP contribution < -0.4 is 10.5 Å². The van der Waals surface area contributed by atoms with E-state index < -0.39 is 0 Å². The molecule has 0 fully saturated rings. The lowest BCUT2D eigenvalue weighted by atomic mass is 9.87. The Balaban J connectivity index is 1.72. The topological polar surface area (TPSA) is 35.2 Å². The first-order valence-electron chi connectivity index (χ1n) is 7.92. The molecule has 2 atom stereocenters. The molecule has 1 aliphatic heterocycles. The van der Waals surface area contributed by atoms with Crippen molar-refractivity contribution >= 4 is 0 Å². The van der Waals surface area contributed by atoms with Gasteiger partial charge < -0.3 is 10.5 Å². The lowest BCUT2D eigenvalue weighted by Crippen LogP contribution is -2.21. The largest absolute Gasteiger partial charge is 0.493 e. The average Bonchev–Trinajstić information content (AvgIpc) is 2.98. The third-order valence-corrected chi connectivity index (χ3v) is 4.94. The van der Waals surface area contributed by atoms with E-state index in [9.17, 15) is 0 Å². The van der Waals surface area contributed by atoms with E-state index >= 15 is 0 Å². The van der Waals surface area contributed by atoms with E-state index in [1.165, 1.54) is 22.3 Å². The SMILES string of the molecule is NC(c1cccc2c1OCCC2)C1CCc2ccccc21. The van der Waals surface area contributed by atoms with E-state index in [2.05, 4.69) is 42.5 Å². The number of para-hydroxylation sites is 1. The fourth-order valence-corrected chi connectivity index (χ4v) is 3.86. The van der Waals surface area contributed by atoms with Crippen molar-refractivity contribution in [3.8, 4) is 5.75 Å². The van der Waals surface area contributed by atoms with Crippen LogP contribution in [0.4, 0.5) is 0 Å². The molecule has 2 aromatic carbocycles. The zero-order valence-corrected chi connectivity index (χ0v) is 12.2. The number of fused-ring (bicyclic) bond motifs is 2. The maximum absolute atomic E-state index is 6.66. The molecule has 2 N–H and O–H groups in total. The molecule has 4 rings (SSSR count). The summed E-state index contributed by atoms with van der Waals surface area (Å²) in [6.07, 6.45) is 4.50. The summed E-state index contributed by atoms with van der Waals surface area (Å²) in [5.41, 5.74) is 12.1. The number of nitrogens with two attached hydrogens (primary N) is 1. The molecule has 2 aliphatic rings. The summed E-state index contributed by atoms with van der Waals surface area (Å²) in [4.78, 5) is 0. The lowest BCUT2D eigenvalue weighted by Gasteiger charge is -2.26. The van der Waals surface area contributed by atoms with Crippen molar-refractivity contribution in [2.75, 3.05) is 6.61 Å². The van der Waals surface area contributed by atoms with Crippen molar-refractivity contribution < 1.29 is 4.74 Å². The van der Waals surface area contributed by atoms with E-state index in [4.69, 9.17) is 10.5 Å². The number of hydrogen-bond acceptors (Lipinski definition) is 2. The van der Waals surface area contributed by atoms with E-state index in [0.29, 0.717) is 5.92 Å². The van der Waals surface area contributed by atoms with Gasteiger partial charge >= 0.3 is 0 Å². The molecule has 0 radical (unpaired) electrons. The molecule has 0 aromatic heterocycles. The van der Waals surface area contributed by atoms with E-state index in [1.54, 1.807) is 0 Å². The van der Waals surface area contributed by atoms with Crippen LogP contribution in [0.25, 0.3) is 0 Å². The van der Waals surface area contributed by atoms with Gasteiger partial charge in [0, 0.05) is 17.5 Å². The van der Waals surface area contributed by atoms with Crippen LogP contribution in [0.2, 0.25) is 0 Å². The second-order valence-corrected chi connectivity index (χ2v) is 6.16. The van der Waals surface area contributed by atoms with Crippen LogP contribution in [0.15, 0.2) is 42.5 Å². The van der Waals surface area contributed by atoms with Crippen LogP contribution in [-0.4, -0.2) is 6.61 Å². The summed E-state index contributed by atoms with van der Waals surface area (Å²) in [7, 11) is 0. The molecule has 0 spiro atoms. The van der Waals surface area contributed by atoms with Crippen molar-refractivity contribution in [2.24, 2.45) is 5.73 Å². The van der Waals surface area contributed by atoms with Crippen LogP contribution in [-0.2, 0) is 12.8 Å². The van der Waals surface area contributed by atoms with Gasteiger partial charge in [-0.1, -0.05) is 42.5 Å². The quantitative estimate of drug-likeness (QED) is 0.909. The normalized spacial score (nSPS) is 21.3. The highest BCUT2D eigenvalue weighted by Crippen LogP contribution is 2.43. The lowest BCUT2D eigenvalue weighted by molar-refractivity contribution is 0.282. The minimum Gasteiger partial charge on any atom is -0.493 e. The highest BCUT2D eigenvalue weighted by molar-refractivity contribution is 5.47. The zero-order chi connectivity index (χ0) is 14.2. The number of ether oxygens (including phenoxy) is 1. The van der Waals surface area contributed by atoms with Gasteiger partial charge in [0.15, 0.2) is 0 Å². The summed E-state index contributed by atoms with van der Waals surface area (Å²) in [6, 6.07) is 15.2. The monoisotopic (exact) mass is 279 g/mol. The predicted molar refractivity (Wildman–Crippen MR) is 84.7 cm³/mol. The van der Waals surface area contributed by atoms with Gasteiger partial charge in [0.2, 0.25) is 0 Å². The number of hydrogen-bond donors (Lipinski definition) is 1. The molecule has 1 aliphatic carbocycles. The smallest absolute Gasteiger partial charge is 0.127 e. The zero-order valence-electron chi connectivity index (χ0n) is 12.2. The van der Waals surface area contributed by atoms with Gasteiger partial charge in [0.05, 0.1) is 6.61 Å². The van der Waals surface area contributed by atoms with E-state index in [0.717, 1.165) is 38.0 Å². The van der Waals surface area contributed by atoms with Gasteiger partial charge in [-0.15, -0.1) is 0 Å². The van der Waals surface area contributed by atoms with Gasteiger partial charge in [-0.3, -0.25) is 0 Å². The van der Waals surface area contributed by atoms with E-state index in [1.807, 2.05) is 0 Å². The molecule has 0 saturated heterocycles. The number of aryl methyl sites for hydroxylation is 2. The van der Waals surface area contributed by atoms with Crippen LogP contribution in [0.5, 0.6) is 5.75 Å². The molecule has 2 aromatic rings. The molecule has 21 heavy (non-hydrogen) atoms. The summed E-state index contributed by atoms with van der Waals surface area (Å²) < 4.78 is 5.94. The van der Waals surface area contributed by atoms with Gasteiger partial charge in [-0.2, -0.15) is 0 Å². The maximum atomic E-state index is 6.66. The molecule has 2 nitrogen and oxygen atoms in total. The highest BCUT2D eigenvalue weighted by Gasteiger charge is 2.30. The Bertz CT molecular complexity index is 664. The Morgan fingerprint density at radius 2 is 1.86 bits per heavy atom. The van der Waals surface area contributed by atoms with Crippen molar-refractivity contribution in [3.63, 3.8) is 0 Å². The van der Waals surface area contributed by atoms with Crippen LogP contribution >= 0.6 is 0 Å². The Morgan fingerprint density at radius 1 is 1.00 bits per heavy atom. The molecular weight excluding hydrogens is 258 g/mol. The van der Waals surface area contributed by atoms with Crippen molar-refractivity contribution in [1.82, 2.24) is 0 Å². The summed E-state index contributed by atoms with van der Waals surface area (Å²) >= 11 is 0. The standard InChI is InChI=1S/C19H21NO/c20-18(16-11-10-13-5-1-2-8-15(13)16)17-9-3-6-14-7-4-12-21-19(14)17/h1-3,5-6,8-9,16,18H,4,7,10-12,20H2. The Kier molecular flexibility index (Phi) is 3.19. The fraction of sp³-hybridized carbons (Fsp3) is 0.368. The third kappa shape index (κ3) is 2.14. The van der Waals surface area contributed by atoms with Crippen LogP contribution in [0.3, 0.4) is 0 Å². The van der Waals surface area contributed by atoms with Gasteiger partial charge in [-0.05, 0) is 42.4 Å². The number of benzene rings is 2. The van der Waals surface area contributed by atoms with Gasteiger partial charge in [-0.25, -0.2) is 0 Å². The average molecular weight is 279 g/mol. The van der Waals surface area contributed by atoms with Crippen molar-refractivity contribution in [1.29, 1.82) is 0 Å². The minimum absolute atomic E-state index is 0.0294. The fourth-order valence-electron chi connectivity index (χ4n) is 3.86. The maximum Gasteiger partial charge on any atom is 0.127 e. The van der Waals surface area contributed by atoms with Crippen molar-refractivity contribution in [3.05, 3.63) is 64.7 Å². The van der Waals surface area contributed by atoms with Gasteiger partial charge in [0.25, 0.3) is 0 Å². The predicted octanol–water partition coefficient (Wildman–Crippen LogP) is 3.74. The molecule has 0 amide bonds. The Labute approximate surface area is 125 Å². The number of rotatable bonds is 2. The first-order chi connectivity index (χ1) is 10.3. The summed E-state index contributed by atoms with van der Waals surface area (Å²) in [5.74, 6) is 1.47. The van der Waals surface area contributed by atoms with Crippen LogP contribution in [0.1, 0.15) is 47.1 Å². The molecule has 0 bridgehead atoms. The molecule has 1 heterocycles. The molecule has 2 unspecified atom stereocenters. The molecular formula is C19H21NO. The first kappa shape index (κ1) is 12.9. The molecule has 108 valence electrons. The second kappa shape index (κ2) is 5.19. The van der Waals surface area contributed by atoms with Crippen molar-refractivity contribution in [2.45, 2.75) is 37.6 Å². The minimum atomic E-state index is 0.0294.